The third-order valence-corrected chi connectivity index (χ3v) is 3.24. The molecule has 0 amide bonds. The molecule has 2 unspecified atom stereocenters. The van der Waals surface area contributed by atoms with E-state index >= 15 is 0 Å². The van der Waals surface area contributed by atoms with Gasteiger partial charge in [0.25, 0.3) is 0 Å². The van der Waals surface area contributed by atoms with Gasteiger partial charge in [0.1, 0.15) is 12.7 Å². The zero-order valence-corrected chi connectivity index (χ0v) is 10.9. The van der Waals surface area contributed by atoms with E-state index < -0.39 is 36.5 Å². The monoisotopic (exact) mass is 278 g/mol. The zero-order valence-electron chi connectivity index (χ0n) is 10.9. The SMILES string of the molecule is CC(=O)OC[C@H]1OC(=O)C2O[C@H](c3ccccc3)OC21. The van der Waals surface area contributed by atoms with Crippen molar-refractivity contribution in [3.63, 3.8) is 0 Å². The maximum absolute atomic E-state index is 11.7. The fraction of sp³-hybridized carbons (Fsp3) is 0.429. The number of esters is 2. The maximum Gasteiger partial charge on any atom is 0.338 e. The first kappa shape index (κ1) is 13.1. The van der Waals surface area contributed by atoms with E-state index in [1.807, 2.05) is 30.3 Å². The van der Waals surface area contributed by atoms with Crippen molar-refractivity contribution in [2.75, 3.05) is 6.61 Å². The van der Waals surface area contributed by atoms with Gasteiger partial charge in [0.15, 0.2) is 18.5 Å². The van der Waals surface area contributed by atoms with Crippen molar-refractivity contribution in [2.24, 2.45) is 0 Å². The normalized spacial score (nSPS) is 31.8. The van der Waals surface area contributed by atoms with Crippen LogP contribution in [0.15, 0.2) is 30.3 Å². The van der Waals surface area contributed by atoms with Gasteiger partial charge in [-0.1, -0.05) is 30.3 Å². The summed E-state index contributed by atoms with van der Waals surface area (Å²) in [5, 5.41) is 0. The van der Waals surface area contributed by atoms with Gasteiger partial charge in [-0.2, -0.15) is 0 Å². The van der Waals surface area contributed by atoms with Gasteiger partial charge in [0, 0.05) is 12.5 Å². The molecule has 2 heterocycles. The zero-order chi connectivity index (χ0) is 14.1. The van der Waals surface area contributed by atoms with E-state index in [-0.39, 0.29) is 6.61 Å². The van der Waals surface area contributed by atoms with Gasteiger partial charge in [-0.15, -0.1) is 0 Å². The molecule has 3 rings (SSSR count). The van der Waals surface area contributed by atoms with Crippen molar-refractivity contribution in [1.29, 1.82) is 0 Å². The summed E-state index contributed by atoms with van der Waals surface area (Å²) in [5.41, 5.74) is 0.834. The van der Waals surface area contributed by atoms with Gasteiger partial charge in [-0.25, -0.2) is 4.79 Å². The number of carbonyl (C=O) groups is 2. The molecule has 2 fully saturated rings. The lowest BCUT2D eigenvalue weighted by atomic mass is 10.1. The first-order valence-electron chi connectivity index (χ1n) is 6.35. The van der Waals surface area contributed by atoms with Crippen LogP contribution in [-0.2, 0) is 28.5 Å². The molecule has 1 aromatic rings. The summed E-state index contributed by atoms with van der Waals surface area (Å²) in [6.07, 6.45) is -2.53. The first-order chi connectivity index (χ1) is 9.65. The number of hydrogen-bond acceptors (Lipinski definition) is 6. The summed E-state index contributed by atoms with van der Waals surface area (Å²) < 4.78 is 21.3. The molecule has 106 valence electrons. The van der Waals surface area contributed by atoms with Crippen LogP contribution in [0.5, 0.6) is 0 Å². The number of cyclic esters (lactones) is 1. The minimum Gasteiger partial charge on any atom is -0.462 e. The molecule has 4 atom stereocenters. The van der Waals surface area contributed by atoms with Crippen LogP contribution in [0, 0.1) is 0 Å². The predicted molar refractivity (Wildman–Crippen MR) is 65.4 cm³/mol. The Labute approximate surface area is 115 Å². The van der Waals surface area contributed by atoms with Crippen molar-refractivity contribution < 1.29 is 28.5 Å². The lowest BCUT2D eigenvalue weighted by Gasteiger charge is -2.17. The van der Waals surface area contributed by atoms with Gasteiger partial charge >= 0.3 is 11.9 Å². The van der Waals surface area contributed by atoms with E-state index in [1.54, 1.807) is 0 Å². The smallest absolute Gasteiger partial charge is 0.338 e. The summed E-state index contributed by atoms with van der Waals surface area (Å²) in [5.74, 6) is -0.909. The Kier molecular flexibility index (Phi) is 3.42. The third-order valence-electron chi connectivity index (χ3n) is 3.24. The highest BCUT2D eigenvalue weighted by molar-refractivity contribution is 5.78. The van der Waals surface area contributed by atoms with Crippen LogP contribution in [0.4, 0.5) is 0 Å². The highest BCUT2D eigenvalue weighted by atomic mass is 16.8. The van der Waals surface area contributed by atoms with Crippen LogP contribution in [0.2, 0.25) is 0 Å². The number of benzene rings is 1. The van der Waals surface area contributed by atoms with E-state index in [0.29, 0.717) is 0 Å². The number of rotatable bonds is 3. The Morgan fingerprint density at radius 3 is 2.70 bits per heavy atom. The molecule has 0 aromatic heterocycles. The standard InChI is InChI=1S/C14H14O6/c1-8(15)17-7-10-11-12(13(16)18-10)20-14(19-11)9-5-3-2-4-6-9/h2-6,10-12,14H,7H2,1H3/t10-,11?,12?,14-/m1/s1. The molecule has 2 saturated heterocycles. The number of carbonyl (C=O) groups excluding carboxylic acids is 2. The summed E-state index contributed by atoms with van der Waals surface area (Å²) in [6, 6.07) is 9.34. The van der Waals surface area contributed by atoms with Crippen LogP contribution >= 0.6 is 0 Å². The van der Waals surface area contributed by atoms with Crippen molar-refractivity contribution in [3.8, 4) is 0 Å². The molecule has 0 N–H and O–H groups in total. The Morgan fingerprint density at radius 1 is 1.25 bits per heavy atom. The van der Waals surface area contributed by atoms with Gasteiger partial charge in [0.05, 0.1) is 0 Å². The fourth-order valence-electron chi connectivity index (χ4n) is 2.31. The molecule has 0 bridgehead atoms. The average molecular weight is 278 g/mol. The van der Waals surface area contributed by atoms with E-state index in [0.717, 1.165) is 5.56 Å². The average Bonchev–Trinajstić information content (AvgIpc) is 2.99. The first-order valence-corrected chi connectivity index (χ1v) is 6.35. The lowest BCUT2D eigenvalue weighted by Crippen LogP contribution is -2.32. The van der Waals surface area contributed by atoms with Crippen LogP contribution in [0.1, 0.15) is 18.8 Å². The summed E-state index contributed by atoms with van der Waals surface area (Å²) in [7, 11) is 0. The highest BCUT2D eigenvalue weighted by Gasteiger charge is 2.53. The molecular formula is C14H14O6. The molecule has 0 aliphatic carbocycles. The van der Waals surface area contributed by atoms with E-state index in [9.17, 15) is 9.59 Å². The summed E-state index contributed by atoms with van der Waals surface area (Å²) >= 11 is 0. The van der Waals surface area contributed by atoms with Gasteiger partial charge in [-0.05, 0) is 0 Å². The van der Waals surface area contributed by atoms with Crippen LogP contribution < -0.4 is 0 Å². The Bertz CT molecular complexity index is 514. The minimum atomic E-state index is -0.763. The second-order valence-corrected chi connectivity index (χ2v) is 4.68. The second kappa shape index (κ2) is 5.22. The Morgan fingerprint density at radius 2 is 2.00 bits per heavy atom. The second-order valence-electron chi connectivity index (χ2n) is 4.68. The molecule has 20 heavy (non-hydrogen) atoms. The van der Waals surface area contributed by atoms with Crippen LogP contribution in [0.25, 0.3) is 0 Å². The molecule has 0 saturated carbocycles. The Hall–Kier alpha value is -1.92. The summed E-state index contributed by atoms with van der Waals surface area (Å²) in [4.78, 5) is 22.5. The van der Waals surface area contributed by atoms with Crippen molar-refractivity contribution >= 4 is 11.9 Å². The fourth-order valence-corrected chi connectivity index (χ4v) is 2.31. The maximum atomic E-state index is 11.7. The molecule has 0 spiro atoms. The van der Waals surface area contributed by atoms with Gasteiger partial charge in [-0.3, -0.25) is 4.79 Å². The number of fused-ring (bicyclic) bond motifs is 1. The van der Waals surface area contributed by atoms with Crippen LogP contribution in [0.3, 0.4) is 0 Å². The highest BCUT2D eigenvalue weighted by Crippen LogP contribution is 2.37. The molecule has 6 nitrogen and oxygen atoms in total. The predicted octanol–water partition coefficient (Wildman–Crippen LogP) is 0.958. The molecule has 2 aliphatic rings. The molecule has 6 heteroatoms. The third kappa shape index (κ3) is 2.39. The molecule has 2 aliphatic heterocycles. The van der Waals surface area contributed by atoms with Gasteiger partial charge in [0.2, 0.25) is 0 Å². The molecular weight excluding hydrogens is 264 g/mol. The summed E-state index contributed by atoms with van der Waals surface area (Å²) in [6.45, 7) is 1.28. The van der Waals surface area contributed by atoms with Crippen LogP contribution in [-0.4, -0.2) is 36.9 Å². The minimum absolute atomic E-state index is 0.0207. The number of ether oxygens (including phenoxy) is 4. The van der Waals surface area contributed by atoms with Crippen molar-refractivity contribution in [2.45, 2.75) is 31.5 Å². The Balaban J connectivity index is 1.70. The molecule has 0 radical (unpaired) electrons. The van der Waals surface area contributed by atoms with E-state index in [4.69, 9.17) is 18.9 Å². The van der Waals surface area contributed by atoms with E-state index in [1.165, 1.54) is 6.92 Å². The van der Waals surface area contributed by atoms with E-state index in [2.05, 4.69) is 0 Å². The molecule has 1 aromatic carbocycles. The van der Waals surface area contributed by atoms with Gasteiger partial charge < -0.3 is 18.9 Å². The van der Waals surface area contributed by atoms with Crippen molar-refractivity contribution in [1.82, 2.24) is 0 Å². The van der Waals surface area contributed by atoms with Crippen molar-refractivity contribution in [3.05, 3.63) is 35.9 Å². The number of hydrogen-bond donors (Lipinski definition) is 0. The topological polar surface area (TPSA) is 71.1 Å². The largest absolute Gasteiger partial charge is 0.462 e. The lowest BCUT2D eigenvalue weighted by molar-refractivity contribution is -0.168. The quantitative estimate of drug-likeness (QED) is 0.767.